The molecule has 0 amide bonds. The first kappa shape index (κ1) is 15.1. The quantitative estimate of drug-likeness (QED) is 0.836. The lowest BCUT2D eigenvalue weighted by atomic mass is 10.2. The van der Waals surface area contributed by atoms with Crippen LogP contribution in [0.4, 0.5) is 0 Å². The number of nitrogens with one attached hydrogen (secondary N) is 1. The number of sulfonamides is 1. The summed E-state index contributed by atoms with van der Waals surface area (Å²) in [5.74, 6) is 0. The molecule has 2 N–H and O–H groups in total. The molecule has 104 valence electrons. The number of aliphatic hydroxyl groups is 1. The summed E-state index contributed by atoms with van der Waals surface area (Å²) in [6, 6.07) is 1.48. The van der Waals surface area contributed by atoms with E-state index in [0.717, 1.165) is 11.1 Å². The van der Waals surface area contributed by atoms with E-state index in [4.69, 9.17) is 5.11 Å². The Morgan fingerprint density at radius 3 is 2.68 bits per heavy atom. The van der Waals surface area contributed by atoms with Gasteiger partial charge in [0.05, 0.1) is 10.4 Å². The van der Waals surface area contributed by atoms with Crippen molar-refractivity contribution < 1.29 is 13.5 Å². The molecule has 19 heavy (non-hydrogen) atoms. The fraction of sp³-hybridized carbons (Fsp3) is 0.273. The Labute approximate surface area is 128 Å². The van der Waals surface area contributed by atoms with Crippen molar-refractivity contribution in [2.75, 3.05) is 0 Å². The van der Waals surface area contributed by atoms with Crippen molar-refractivity contribution in [3.8, 4) is 0 Å². The maximum Gasteiger partial charge on any atom is 0.242 e. The van der Waals surface area contributed by atoms with Crippen LogP contribution in [0.1, 0.15) is 16.0 Å². The molecular formula is C11H12BrNO3S3. The molecule has 2 aromatic heterocycles. The third kappa shape index (κ3) is 3.45. The summed E-state index contributed by atoms with van der Waals surface area (Å²) < 4.78 is 27.4. The van der Waals surface area contributed by atoms with Gasteiger partial charge in [0.25, 0.3) is 0 Å². The lowest BCUT2D eigenvalue weighted by molar-refractivity contribution is 0.285. The predicted octanol–water partition coefficient (Wildman–Crippen LogP) is 2.85. The number of aryl methyl sites for hydroxylation is 1. The number of hydrogen-bond acceptors (Lipinski definition) is 5. The first-order chi connectivity index (χ1) is 8.94. The summed E-state index contributed by atoms with van der Waals surface area (Å²) in [5.41, 5.74) is 2.05. The van der Waals surface area contributed by atoms with Gasteiger partial charge in [-0.15, -0.1) is 11.3 Å². The van der Waals surface area contributed by atoms with Crippen LogP contribution in [0, 0.1) is 6.92 Å². The van der Waals surface area contributed by atoms with Gasteiger partial charge in [0.15, 0.2) is 0 Å². The second-order valence-corrected chi connectivity index (χ2v) is 8.85. The molecule has 0 spiro atoms. The van der Waals surface area contributed by atoms with Gasteiger partial charge in [-0.05, 0) is 50.8 Å². The van der Waals surface area contributed by atoms with Gasteiger partial charge in [0.1, 0.15) is 4.90 Å². The van der Waals surface area contributed by atoms with Crippen LogP contribution in [-0.2, 0) is 23.2 Å². The van der Waals surface area contributed by atoms with Crippen LogP contribution >= 0.6 is 38.6 Å². The number of hydrogen-bond donors (Lipinski definition) is 2. The second kappa shape index (κ2) is 6.02. The zero-order valence-corrected chi connectivity index (χ0v) is 14.0. The minimum atomic E-state index is -3.57. The molecule has 2 heterocycles. The minimum absolute atomic E-state index is 0.164. The largest absolute Gasteiger partial charge is 0.391 e. The molecule has 0 aliphatic rings. The minimum Gasteiger partial charge on any atom is -0.391 e. The number of halogens is 1. The van der Waals surface area contributed by atoms with Crippen molar-refractivity contribution >= 4 is 48.6 Å². The van der Waals surface area contributed by atoms with Crippen LogP contribution in [0.15, 0.2) is 25.5 Å². The van der Waals surface area contributed by atoms with Gasteiger partial charge in [-0.2, -0.15) is 11.3 Å². The van der Waals surface area contributed by atoms with E-state index in [0.29, 0.717) is 8.66 Å². The fourth-order valence-corrected chi connectivity index (χ4v) is 5.88. The van der Waals surface area contributed by atoms with Gasteiger partial charge in [-0.25, -0.2) is 13.1 Å². The molecular weight excluding hydrogens is 370 g/mol. The average molecular weight is 382 g/mol. The topological polar surface area (TPSA) is 66.4 Å². The van der Waals surface area contributed by atoms with E-state index in [-0.39, 0.29) is 18.0 Å². The highest BCUT2D eigenvalue weighted by molar-refractivity contribution is 9.11. The average Bonchev–Trinajstić information content (AvgIpc) is 2.93. The first-order valence-electron chi connectivity index (χ1n) is 5.34. The van der Waals surface area contributed by atoms with Crippen LogP contribution in [0.25, 0.3) is 0 Å². The van der Waals surface area contributed by atoms with Crippen molar-refractivity contribution in [3.63, 3.8) is 0 Å². The molecule has 0 bridgehead atoms. The smallest absolute Gasteiger partial charge is 0.242 e. The predicted molar refractivity (Wildman–Crippen MR) is 81.0 cm³/mol. The molecule has 0 atom stereocenters. The van der Waals surface area contributed by atoms with Gasteiger partial charge in [0, 0.05) is 11.4 Å². The van der Waals surface area contributed by atoms with Gasteiger partial charge in [-0.1, -0.05) is 0 Å². The number of thiophene rings is 2. The molecule has 0 unspecified atom stereocenters. The summed E-state index contributed by atoms with van der Waals surface area (Å²) in [6.07, 6.45) is 0. The molecule has 0 fully saturated rings. The van der Waals surface area contributed by atoms with Crippen LogP contribution in [0.2, 0.25) is 0 Å². The molecule has 0 saturated carbocycles. The van der Waals surface area contributed by atoms with Crippen LogP contribution < -0.4 is 4.72 Å². The normalized spacial score (nSPS) is 11.9. The molecule has 2 aromatic rings. The van der Waals surface area contributed by atoms with E-state index in [1.54, 1.807) is 11.3 Å². The summed E-state index contributed by atoms with van der Waals surface area (Å²) in [5, 5.41) is 12.9. The highest BCUT2D eigenvalue weighted by Crippen LogP contribution is 2.31. The van der Waals surface area contributed by atoms with Gasteiger partial charge < -0.3 is 5.11 Å². The van der Waals surface area contributed by atoms with Crippen LogP contribution in [0.5, 0.6) is 0 Å². The third-order valence-corrected chi connectivity index (χ3v) is 7.11. The summed E-state index contributed by atoms with van der Waals surface area (Å²) in [7, 11) is -3.57. The SMILES string of the molecule is Cc1cscc1CNS(=O)(=O)c1cc(CO)sc1Br. The molecule has 0 aliphatic carbocycles. The molecule has 4 nitrogen and oxygen atoms in total. The summed E-state index contributed by atoms with van der Waals surface area (Å²) in [4.78, 5) is 0.786. The molecule has 0 aliphatic heterocycles. The third-order valence-electron chi connectivity index (χ3n) is 2.57. The maximum atomic E-state index is 12.2. The molecule has 0 saturated heterocycles. The Morgan fingerprint density at radius 1 is 1.42 bits per heavy atom. The molecule has 8 heteroatoms. The highest BCUT2D eigenvalue weighted by atomic mass is 79.9. The summed E-state index contributed by atoms with van der Waals surface area (Å²) in [6.45, 7) is 2.06. The number of rotatable bonds is 5. The standard InChI is InChI=1S/C11H12BrNO3S3/c1-7-5-17-6-8(7)3-13-19(15,16)10-2-9(4-14)18-11(10)12/h2,5-6,13-14H,3-4H2,1H3. The van der Waals surface area contributed by atoms with Gasteiger partial charge in [-0.3, -0.25) is 0 Å². The Hall–Kier alpha value is -0.250. The van der Waals surface area contributed by atoms with E-state index in [1.165, 1.54) is 17.4 Å². The van der Waals surface area contributed by atoms with Gasteiger partial charge in [0.2, 0.25) is 10.0 Å². The lowest BCUT2D eigenvalue weighted by Gasteiger charge is -2.05. The summed E-state index contributed by atoms with van der Waals surface area (Å²) >= 11 is 5.98. The van der Waals surface area contributed by atoms with E-state index in [2.05, 4.69) is 20.7 Å². The van der Waals surface area contributed by atoms with Crippen LogP contribution in [0.3, 0.4) is 0 Å². The van der Waals surface area contributed by atoms with Crippen molar-refractivity contribution in [1.82, 2.24) is 4.72 Å². The van der Waals surface area contributed by atoms with E-state index < -0.39 is 10.0 Å². The Kier molecular flexibility index (Phi) is 4.80. The van der Waals surface area contributed by atoms with E-state index >= 15 is 0 Å². The monoisotopic (exact) mass is 381 g/mol. The lowest BCUT2D eigenvalue weighted by Crippen LogP contribution is -2.23. The van der Waals surface area contributed by atoms with E-state index in [9.17, 15) is 8.42 Å². The Morgan fingerprint density at radius 2 is 2.16 bits per heavy atom. The Balaban J connectivity index is 2.18. The molecule has 0 aromatic carbocycles. The van der Waals surface area contributed by atoms with Crippen molar-refractivity contribution in [3.05, 3.63) is 36.6 Å². The van der Waals surface area contributed by atoms with Crippen molar-refractivity contribution in [2.24, 2.45) is 0 Å². The maximum absolute atomic E-state index is 12.2. The second-order valence-electron chi connectivity index (χ2n) is 3.91. The van der Waals surface area contributed by atoms with Gasteiger partial charge >= 0.3 is 0 Å². The highest BCUT2D eigenvalue weighted by Gasteiger charge is 2.20. The number of aliphatic hydroxyl groups excluding tert-OH is 1. The molecule has 0 radical (unpaired) electrons. The molecule has 2 rings (SSSR count). The van der Waals surface area contributed by atoms with Crippen molar-refractivity contribution in [1.29, 1.82) is 0 Å². The van der Waals surface area contributed by atoms with Crippen LogP contribution in [-0.4, -0.2) is 13.5 Å². The zero-order chi connectivity index (χ0) is 14.0. The Bertz CT molecular complexity index is 675. The van der Waals surface area contributed by atoms with Crippen molar-refractivity contribution in [2.45, 2.75) is 25.0 Å². The van der Waals surface area contributed by atoms with E-state index in [1.807, 2.05) is 17.7 Å². The zero-order valence-electron chi connectivity index (χ0n) is 10.0. The first-order valence-corrected chi connectivity index (χ1v) is 9.38. The fourth-order valence-electron chi connectivity index (χ4n) is 1.48.